The highest BCUT2D eigenvalue weighted by Crippen LogP contribution is 2.30. The van der Waals surface area contributed by atoms with Crippen LogP contribution in [0.4, 0.5) is 0 Å². The zero-order valence-electron chi connectivity index (χ0n) is 12.4. The van der Waals surface area contributed by atoms with Crippen molar-refractivity contribution in [3.8, 4) is 5.75 Å². The fourth-order valence-corrected chi connectivity index (χ4v) is 2.95. The molecule has 0 saturated carbocycles. The lowest BCUT2D eigenvalue weighted by atomic mass is 9.95. The predicted octanol–water partition coefficient (Wildman–Crippen LogP) is 2.75. The van der Waals surface area contributed by atoms with Gasteiger partial charge in [-0.05, 0) is 36.6 Å². The van der Waals surface area contributed by atoms with Gasteiger partial charge in [0.2, 0.25) is 0 Å². The maximum Gasteiger partial charge on any atom is 0.119 e. The van der Waals surface area contributed by atoms with Crippen molar-refractivity contribution in [3.05, 3.63) is 29.3 Å². The van der Waals surface area contributed by atoms with E-state index in [0.717, 1.165) is 31.9 Å². The van der Waals surface area contributed by atoms with Gasteiger partial charge in [-0.1, -0.05) is 19.4 Å². The van der Waals surface area contributed by atoms with Gasteiger partial charge in [0.05, 0.1) is 7.11 Å². The van der Waals surface area contributed by atoms with Crippen LogP contribution < -0.4 is 10.1 Å². The normalized spacial score (nSPS) is 18.3. The Morgan fingerprint density at radius 1 is 1.32 bits per heavy atom. The summed E-state index contributed by atoms with van der Waals surface area (Å²) in [5, 5.41) is 3.43. The molecule has 0 unspecified atom stereocenters. The molecule has 1 saturated heterocycles. The SMILES string of the molecule is CCC[C@@H](c1ccc(OC)cc1C)N1CCNCC1. The lowest BCUT2D eigenvalue weighted by Crippen LogP contribution is -2.45. The van der Waals surface area contributed by atoms with Gasteiger partial charge >= 0.3 is 0 Å². The summed E-state index contributed by atoms with van der Waals surface area (Å²) in [6.07, 6.45) is 2.45. The molecular weight excluding hydrogens is 236 g/mol. The summed E-state index contributed by atoms with van der Waals surface area (Å²) in [7, 11) is 1.73. The standard InChI is InChI=1S/C16H26N2O/c1-4-5-16(18-10-8-17-9-11-18)15-7-6-14(19-3)12-13(15)2/h6-7,12,16-17H,4-5,8-11H2,1-3H3/t16-/m0/s1. The van der Waals surface area contributed by atoms with Crippen molar-refractivity contribution in [2.24, 2.45) is 0 Å². The molecule has 2 rings (SSSR count). The van der Waals surface area contributed by atoms with Crippen molar-refractivity contribution in [2.45, 2.75) is 32.7 Å². The first-order valence-electron chi connectivity index (χ1n) is 7.35. The second-order valence-electron chi connectivity index (χ2n) is 5.31. The molecule has 1 fully saturated rings. The third-order valence-electron chi connectivity index (χ3n) is 3.99. The molecule has 3 nitrogen and oxygen atoms in total. The number of nitrogens with zero attached hydrogens (tertiary/aromatic N) is 1. The second kappa shape index (κ2) is 6.92. The first-order chi connectivity index (χ1) is 9.26. The number of benzene rings is 1. The van der Waals surface area contributed by atoms with Crippen LogP contribution in [0.25, 0.3) is 0 Å². The van der Waals surface area contributed by atoms with Crippen LogP contribution in [0.15, 0.2) is 18.2 Å². The molecule has 1 aliphatic heterocycles. The highest BCUT2D eigenvalue weighted by Gasteiger charge is 2.22. The molecule has 1 atom stereocenters. The predicted molar refractivity (Wildman–Crippen MR) is 79.8 cm³/mol. The van der Waals surface area contributed by atoms with Crippen LogP contribution in [-0.2, 0) is 0 Å². The van der Waals surface area contributed by atoms with Crippen molar-refractivity contribution in [3.63, 3.8) is 0 Å². The van der Waals surface area contributed by atoms with Crippen LogP contribution in [0.5, 0.6) is 5.75 Å². The zero-order valence-corrected chi connectivity index (χ0v) is 12.4. The van der Waals surface area contributed by atoms with Gasteiger partial charge < -0.3 is 10.1 Å². The average molecular weight is 262 g/mol. The molecule has 1 heterocycles. The van der Waals surface area contributed by atoms with Gasteiger partial charge in [0.15, 0.2) is 0 Å². The summed E-state index contributed by atoms with van der Waals surface area (Å²) in [5.74, 6) is 0.955. The van der Waals surface area contributed by atoms with E-state index in [-0.39, 0.29) is 0 Å². The molecule has 106 valence electrons. The van der Waals surface area contributed by atoms with E-state index in [1.54, 1.807) is 7.11 Å². The van der Waals surface area contributed by atoms with Crippen LogP contribution in [0.2, 0.25) is 0 Å². The van der Waals surface area contributed by atoms with E-state index in [9.17, 15) is 0 Å². The Kier molecular flexibility index (Phi) is 5.23. The molecule has 0 radical (unpaired) electrons. The summed E-state index contributed by atoms with van der Waals surface area (Å²) >= 11 is 0. The summed E-state index contributed by atoms with van der Waals surface area (Å²) in [6, 6.07) is 7.04. The summed E-state index contributed by atoms with van der Waals surface area (Å²) in [5.41, 5.74) is 2.81. The first-order valence-corrected chi connectivity index (χ1v) is 7.35. The third-order valence-corrected chi connectivity index (χ3v) is 3.99. The Balaban J connectivity index is 2.22. The molecular formula is C16H26N2O. The van der Waals surface area contributed by atoms with Crippen LogP contribution >= 0.6 is 0 Å². The van der Waals surface area contributed by atoms with E-state index in [4.69, 9.17) is 4.74 Å². The highest BCUT2D eigenvalue weighted by molar-refractivity contribution is 5.36. The molecule has 0 amide bonds. The molecule has 0 spiro atoms. The summed E-state index contributed by atoms with van der Waals surface area (Å²) < 4.78 is 5.31. The van der Waals surface area contributed by atoms with E-state index in [1.807, 2.05) is 0 Å². The van der Waals surface area contributed by atoms with Gasteiger partial charge in [-0.25, -0.2) is 0 Å². The lowest BCUT2D eigenvalue weighted by Gasteiger charge is -2.36. The van der Waals surface area contributed by atoms with Gasteiger partial charge in [0.25, 0.3) is 0 Å². The second-order valence-corrected chi connectivity index (χ2v) is 5.31. The molecule has 1 aliphatic rings. The Morgan fingerprint density at radius 3 is 2.63 bits per heavy atom. The Hall–Kier alpha value is -1.06. The smallest absolute Gasteiger partial charge is 0.119 e. The van der Waals surface area contributed by atoms with E-state index in [0.29, 0.717) is 6.04 Å². The Labute approximate surface area is 116 Å². The maximum absolute atomic E-state index is 5.31. The van der Waals surface area contributed by atoms with Gasteiger partial charge in [-0.2, -0.15) is 0 Å². The van der Waals surface area contributed by atoms with Gasteiger partial charge in [-0.15, -0.1) is 0 Å². The highest BCUT2D eigenvalue weighted by atomic mass is 16.5. The fourth-order valence-electron chi connectivity index (χ4n) is 2.95. The van der Waals surface area contributed by atoms with Crippen molar-refractivity contribution in [1.82, 2.24) is 10.2 Å². The largest absolute Gasteiger partial charge is 0.497 e. The molecule has 0 aromatic heterocycles. The van der Waals surface area contributed by atoms with E-state index in [1.165, 1.54) is 24.0 Å². The lowest BCUT2D eigenvalue weighted by molar-refractivity contribution is 0.164. The molecule has 1 aromatic rings. The molecule has 19 heavy (non-hydrogen) atoms. The number of hydrogen-bond donors (Lipinski definition) is 1. The molecule has 1 aromatic carbocycles. The third kappa shape index (κ3) is 3.48. The number of nitrogens with one attached hydrogen (secondary N) is 1. The first kappa shape index (κ1) is 14.4. The van der Waals surface area contributed by atoms with Crippen molar-refractivity contribution >= 4 is 0 Å². The fraction of sp³-hybridized carbons (Fsp3) is 0.625. The Morgan fingerprint density at radius 2 is 2.05 bits per heavy atom. The summed E-state index contributed by atoms with van der Waals surface area (Å²) in [6.45, 7) is 8.98. The molecule has 0 aliphatic carbocycles. The minimum absolute atomic E-state index is 0.554. The molecule has 0 bridgehead atoms. The van der Waals surface area contributed by atoms with Gasteiger partial charge in [0, 0.05) is 32.2 Å². The molecule has 1 N–H and O–H groups in total. The van der Waals surface area contributed by atoms with Crippen molar-refractivity contribution < 1.29 is 4.74 Å². The van der Waals surface area contributed by atoms with Gasteiger partial charge in [0.1, 0.15) is 5.75 Å². The van der Waals surface area contributed by atoms with Crippen LogP contribution in [0, 0.1) is 6.92 Å². The number of aryl methyl sites for hydroxylation is 1. The van der Waals surface area contributed by atoms with Crippen molar-refractivity contribution in [2.75, 3.05) is 33.3 Å². The quantitative estimate of drug-likeness (QED) is 0.883. The van der Waals surface area contributed by atoms with Crippen LogP contribution in [0.1, 0.15) is 36.9 Å². The van der Waals surface area contributed by atoms with E-state index < -0.39 is 0 Å². The van der Waals surface area contributed by atoms with Crippen LogP contribution in [0.3, 0.4) is 0 Å². The Bertz CT molecular complexity index is 400. The van der Waals surface area contributed by atoms with Crippen molar-refractivity contribution in [1.29, 1.82) is 0 Å². The summed E-state index contributed by atoms with van der Waals surface area (Å²) in [4.78, 5) is 2.62. The minimum atomic E-state index is 0.554. The number of hydrogen-bond acceptors (Lipinski definition) is 3. The number of methoxy groups -OCH3 is 1. The van der Waals surface area contributed by atoms with E-state index in [2.05, 4.69) is 42.3 Å². The monoisotopic (exact) mass is 262 g/mol. The minimum Gasteiger partial charge on any atom is -0.497 e. The number of ether oxygens (including phenoxy) is 1. The average Bonchev–Trinajstić information content (AvgIpc) is 2.46. The van der Waals surface area contributed by atoms with E-state index >= 15 is 0 Å². The zero-order chi connectivity index (χ0) is 13.7. The number of piperazine rings is 1. The topological polar surface area (TPSA) is 24.5 Å². The number of rotatable bonds is 5. The maximum atomic E-state index is 5.31. The van der Waals surface area contributed by atoms with Crippen LogP contribution in [-0.4, -0.2) is 38.2 Å². The van der Waals surface area contributed by atoms with Gasteiger partial charge in [-0.3, -0.25) is 4.90 Å². The molecule has 3 heteroatoms.